The Hall–Kier alpha value is -1.36. The zero-order valence-electron chi connectivity index (χ0n) is 10.5. The lowest BCUT2D eigenvalue weighted by atomic mass is 10.0. The van der Waals surface area contributed by atoms with Crippen molar-refractivity contribution >= 4 is 11.8 Å². The Morgan fingerprint density at radius 1 is 1.53 bits per heavy atom. The largest absolute Gasteiger partial charge is 0.385 e. The number of aromatic nitrogens is 2. The molecule has 1 aliphatic rings. The molecule has 1 heterocycles. The fourth-order valence-electron chi connectivity index (χ4n) is 1.92. The molecular weight excluding hydrogens is 216 g/mol. The van der Waals surface area contributed by atoms with Gasteiger partial charge in [0.1, 0.15) is 5.82 Å². The molecular formula is C12H20N4O. The van der Waals surface area contributed by atoms with E-state index in [9.17, 15) is 0 Å². The number of hydrogen-bond acceptors (Lipinski definition) is 5. The molecule has 2 rings (SSSR count). The van der Waals surface area contributed by atoms with Gasteiger partial charge in [-0.2, -0.15) is 4.98 Å². The molecule has 0 radical (unpaired) electrons. The first-order valence-electron chi connectivity index (χ1n) is 5.97. The molecule has 1 aliphatic carbocycles. The molecule has 0 spiro atoms. The second-order valence-corrected chi connectivity index (χ2v) is 4.86. The van der Waals surface area contributed by atoms with E-state index in [0.29, 0.717) is 11.4 Å². The van der Waals surface area contributed by atoms with Gasteiger partial charge in [0.25, 0.3) is 0 Å². The van der Waals surface area contributed by atoms with Crippen LogP contribution in [0.4, 0.5) is 11.8 Å². The van der Waals surface area contributed by atoms with Crippen molar-refractivity contribution in [3.05, 3.63) is 11.8 Å². The Labute approximate surface area is 102 Å². The molecule has 1 aromatic rings. The monoisotopic (exact) mass is 236 g/mol. The van der Waals surface area contributed by atoms with Crippen LogP contribution in [0.3, 0.4) is 0 Å². The standard InChI is InChI=1S/C12H20N4O/c1-9-7-14-11(13)16-10(9)15-8-12(3-4-12)5-6-17-2/h7H,3-6,8H2,1-2H3,(H3,13,14,15,16). The van der Waals surface area contributed by atoms with Crippen LogP contribution in [0.5, 0.6) is 0 Å². The molecule has 0 saturated heterocycles. The highest BCUT2D eigenvalue weighted by molar-refractivity contribution is 5.45. The molecule has 0 atom stereocenters. The van der Waals surface area contributed by atoms with E-state index in [1.54, 1.807) is 13.3 Å². The molecule has 1 fully saturated rings. The van der Waals surface area contributed by atoms with Crippen molar-refractivity contribution in [2.75, 3.05) is 31.3 Å². The van der Waals surface area contributed by atoms with Crippen molar-refractivity contribution in [1.82, 2.24) is 9.97 Å². The van der Waals surface area contributed by atoms with Crippen molar-refractivity contribution in [2.45, 2.75) is 26.2 Å². The molecule has 0 unspecified atom stereocenters. The van der Waals surface area contributed by atoms with E-state index < -0.39 is 0 Å². The van der Waals surface area contributed by atoms with Gasteiger partial charge in [-0.3, -0.25) is 0 Å². The van der Waals surface area contributed by atoms with Crippen LogP contribution in [-0.2, 0) is 4.74 Å². The minimum absolute atomic E-state index is 0.319. The lowest BCUT2D eigenvalue weighted by molar-refractivity contribution is 0.175. The topological polar surface area (TPSA) is 73.1 Å². The second kappa shape index (κ2) is 4.87. The van der Waals surface area contributed by atoms with Crippen LogP contribution in [-0.4, -0.2) is 30.2 Å². The van der Waals surface area contributed by atoms with E-state index in [0.717, 1.165) is 31.0 Å². The number of nitrogens with one attached hydrogen (secondary N) is 1. The van der Waals surface area contributed by atoms with Gasteiger partial charge in [-0.05, 0) is 31.6 Å². The molecule has 0 aliphatic heterocycles. The number of nitrogens with zero attached hydrogens (tertiary/aromatic N) is 2. The predicted molar refractivity (Wildman–Crippen MR) is 67.8 cm³/mol. The first-order valence-corrected chi connectivity index (χ1v) is 5.97. The Balaban J connectivity index is 1.91. The lowest BCUT2D eigenvalue weighted by Gasteiger charge is -2.16. The third kappa shape index (κ3) is 3.06. The highest BCUT2D eigenvalue weighted by Crippen LogP contribution is 2.48. The summed E-state index contributed by atoms with van der Waals surface area (Å²) in [7, 11) is 1.75. The van der Waals surface area contributed by atoms with Crippen LogP contribution >= 0.6 is 0 Å². The second-order valence-electron chi connectivity index (χ2n) is 4.86. The van der Waals surface area contributed by atoms with Crippen LogP contribution < -0.4 is 11.1 Å². The summed E-state index contributed by atoms with van der Waals surface area (Å²) in [5.74, 6) is 1.17. The van der Waals surface area contributed by atoms with Crippen LogP contribution in [0.2, 0.25) is 0 Å². The summed E-state index contributed by atoms with van der Waals surface area (Å²) in [6.45, 7) is 3.75. The molecule has 3 N–H and O–H groups in total. The SMILES string of the molecule is COCCC1(CNc2nc(N)ncc2C)CC1. The van der Waals surface area contributed by atoms with Gasteiger partial charge in [0, 0.05) is 32.0 Å². The van der Waals surface area contributed by atoms with Crippen molar-refractivity contribution in [3.8, 4) is 0 Å². The molecule has 5 nitrogen and oxygen atoms in total. The maximum absolute atomic E-state index is 5.58. The van der Waals surface area contributed by atoms with Crippen molar-refractivity contribution < 1.29 is 4.74 Å². The van der Waals surface area contributed by atoms with Gasteiger partial charge in [-0.25, -0.2) is 4.98 Å². The Kier molecular flexibility index (Phi) is 3.47. The molecule has 1 saturated carbocycles. The summed E-state index contributed by atoms with van der Waals surface area (Å²) < 4.78 is 5.14. The number of nitrogen functional groups attached to an aromatic ring is 1. The van der Waals surface area contributed by atoms with E-state index in [2.05, 4.69) is 15.3 Å². The summed E-state index contributed by atoms with van der Waals surface area (Å²) in [5, 5.41) is 3.38. The lowest BCUT2D eigenvalue weighted by Crippen LogP contribution is -2.18. The quantitative estimate of drug-likeness (QED) is 0.784. The third-order valence-electron chi connectivity index (χ3n) is 3.41. The van der Waals surface area contributed by atoms with E-state index in [1.165, 1.54) is 12.8 Å². The fourth-order valence-corrected chi connectivity index (χ4v) is 1.92. The van der Waals surface area contributed by atoms with Gasteiger partial charge in [0.05, 0.1) is 0 Å². The van der Waals surface area contributed by atoms with Crippen LogP contribution in [0, 0.1) is 12.3 Å². The van der Waals surface area contributed by atoms with Gasteiger partial charge in [-0.1, -0.05) is 0 Å². The summed E-state index contributed by atoms with van der Waals surface area (Å²) in [6.07, 6.45) is 5.39. The minimum Gasteiger partial charge on any atom is -0.385 e. The number of aryl methyl sites for hydroxylation is 1. The number of nitrogens with two attached hydrogens (primary N) is 1. The van der Waals surface area contributed by atoms with Crippen LogP contribution in [0.1, 0.15) is 24.8 Å². The fraction of sp³-hybridized carbons (Fsp3) is 0.667. The Morgan fingerprint density at radius 2 is 2.29 bits per heavy atom. The average molecular weight is 236 g/mol. The minimum atomic E-state index is 0.319. The van der Waals surface area contributed by atoms with Gasteiger partial charge >= 0.3 is 0 Å². The normalized spacial score (nSPS) is 16.8. The maximum atomic E-state index is 5.58. The zero-order chi connectivity index (χ0) is 12.3. The summed E-state index contributed by atoms with van der Waals surface area (Å²) >= 11 is 0. The number of anilines is 2. The molecule has 17 heavy (non-hydrogen) atoms. The predicted octanol–water partition coefficient (Wildman–Crippen LogP) is 1.60. The maximum Gasteiger partial charge on any atom is 0.221 e. The Morgan fingerprint density at radius 3 is 2.94 bits per heavy atom. The van der Waals surface area contributed by atoms with Gasteiger partial charge in [0.15, 0.2) is 0 Å². The van der Waals surface area contributed by atoms with Gasteiger partial charge in [0.2, 0.25) is 5.95 Å². The molecule has 94 valence electrons. The molecule has 5 heteroatoms. The van der Waals surface area contributed by atoms with Crippen molar-refractivity contribution in [2.24, 2.45) is 5.41 Å². The Bertz CT molecular complexity index is 390. The van der Waals surface area contributed by atoms with E-state index in [-0.39, 0.29) is 0 Å². The summed E-state index contributed by atoms with van der Waals surface area (Å²) in [4.78, 5) is 8.16. The third-order valence-corrected chi connectivity index (χ3v) is 3.41. The highest BCUT2D eigenvalue weighted by atomic mass is 16.5. The first kappa shape index (κ1) is 12.1. The number of ether oxygens (including phenoxy) is 1. The summed E-state index contributed by atoms with van der Waals surface area (Å²) in [5.41, 5.74) is 7.01. The van der Waals surface area contributed by atoms with Gasteiger partial charge in [-0.15, -0.1) is 0 Å². The number of methoxy groups -OCH3 is 1. The van der Waals surface area contributed by atoms with E-state index in [1.807, 2.05) is 6.92 Å². The molecule has 0 amide bonds. The molecule has 0 aromatic carbocycles. The van der Waals surface area contributed by atoms with Crippen molar-refractivity contribution in [1.29, 1.82) is 0 Å². The highest BCUT2D eigenvalue weighted by Gasteiger charge is 2.41. The first-order chi connectivity index (χ1) is 8.15. The van der Waals surface area contributed by atoms with Crippen LogP contribution in [0.15, 0.2) is 6.20 Å². The van der Waals surface area contributed by atoms with Gasteiger partial charge < -0.3 is 15.8 Å². The van der Waals surface area contributed by atoms with E-state index in [4.69, 9.17) is 10.5 Å². The van der Waals surface area contributed by atoms with E-state index >= 15 is 0 Å². The smallest absolute Gasteiger partial charge is 0.221 e. The van der Waals surface area contributed by atoms with Crippen LogP contribution in [0.25, 0.3) is 0 Å². The summed E-state index contributed by atoms with van der Waals surface area (Å²) in [6, 6.07) is 0. The number of rotatable bonds is 6. The molecule has 0 bridgehead atoms. The average Bonchev–Trinajstić information content (AvgIpc) is 3.09. The number of hydrogen-bond donors (Lipinski definition) is 2. The molecule has 1 aromatic heterocycles. The van der Waals surface area contributed by atoms with Crippen molar-refractivity contribution in [3.63, 3.8) is 0 Å². The zero-order valence-corrected chi connectivity index (χ0v) is 10.5.